The summed E-state index contributed by atoms with van der Waals surface area (Å²) in [7, 11) is -8.64. The minimum Gasteiger partial charge on any atom is -0.391 e. The average Bonchev–Trinajstić information content (AvgIpc) is 3.00. The summed E-state index contributed by atoms with van der Waals surface area (Å²) in [6, 6.07) is -2.25. The van der Waals surface area contributed by atoms with E-state index in [1.165, 1.54) is 0 Å². The Morgan fingerprint density at radius 3 is 2.02 bits per heavy atom. The van der Waals surface area contributed by atoms with Crippen LogP contribution in [0, 0.1) is 23.7 Å². The van der Waals surface area contributed by atoms with Crippen molar-refractivity contribution < 1.29 is 58.0 Å². The zero-order valence-electron chi connectivity index (χ0n) is 27.3. The molecule has 0 heterocycles. The molecule has 5 aliphatic carbocycles. The maximum Gasteiger partial charge on any atom is 0.270 e. The van der Waals surface area contributed by atoms with Gasteiger partial charge in [-0.3, -0.25) is 13.9 Å². The van der Waals surface area contributed by atoms with E-state index >= 15 is 0 Å². The molecule has 5 aliphatic rings. The number of nitrogens with two attached hydrogens (primary N) is 1. The Bertz CT molecular complexity index is 1370. The topological polar surface area (TPSA) is 254 Å². The molecule has 15 nitrogen and oxygen atoms in total. The summed E-state index contributed by atoms with van der Waals surface area (Å²) < 4.78 is 67.3. The van der Waals surface area contributed by atoms with E-state index < -0.39 is 55.0 Å². The predicted octanol–water partition coefficient (Wildman–Crippen LogP) is 2.42. The Balaban J connectivity index is 0.00000520. The summed E-state index contributed by atoms with van der Waals surface area (Å²) in [4.78, 5) is 12.9. The second kappa shape index (κ2) is 16.5. The van der Waals surface area contributed by atoms with Gasteiger partial charge in [-0.15, -0.1) is 0 Å². The molecule has 0 saturated heterocycles. The molecule has 0 aromatic carbocycles. The van der Waals surface area contributed by atoms with Crippen LogP contribution in [0.3, 0.4) is 0 Å². The molecule has 0 aromatic heterocycles. The van der Waals surface area contributed by atoms with Crippen LogP contribution in [-0.2, 0) is 42.1 Å². The largest absolute Gasteiger partial charge is 0.391 e. The molecule has 5 rings (SSSR count). The fraction of sp³-hybridized carbons (Fsp3) is 0.967. The molecule has 48 heavy (non-hydrogen) atoms. The van der Waals surface area contributed by atoms with Gasteiger partial charge >= 0.3 is 0 Å². The number of azo groups is 2. The van der Waals surface area contributed by atoms with Gasteiger partial charge in [0.15, 0.2) is 0 Å². The third kappa shape index (κ3) is 9.81. The zero-order valence-corrected chi connectivity index (χ0v) is 29.9. The molecule has 1 radical (unpaired) electrons. The second-order valence-corrected chi connectivity index (χ2v) is 18.2. The molecule has 1 amide bonds. The number of rotatable bonds is 8. The minimum atomic E-state index is -4.59. The molecule has 7 N–H and O–H groups in total. The summed E-state index contributed by atoms with van der Waals surface area (Å²) in [6.45, 7) is 1.95. The number of amides is 1. The molecule has 279 valence electrons. The Morgan fingerprint density at radius 2 is 1.40 bits per heavy atom. The molecule has 0 bridgehead atoms. The van der Waals surface area contributed by atoms with Crippen LogP contribution in [-0.4, -0.2) is 101 Å². The van der Waals surface area contributed by atoms with Gasteiger partial charge in [0, 0.05) is 35.1 Å². The molecule has 18 heteroatoms. The van der Waals surface area contributed by atoms with Crippen LogP contribution in [0.25, 0.3) is 0 Å². The number of hydrogen-bond acceptors (Lipinski definition) is 12. The molecule has 0 spiro atoms. The average molecular weight is 768 g/mol. The molecular weight excluding hydrogens is 716 g/mol. The first-order valence-electron chi connectivity index (χ1n) is 17.2. The van der Waals surface area contributed by atoms with Gasteiger partial charge in [0.1, 0.15) is 11.3 Å². The van der Waals surface area contributed by atoms with Crippen molar-refractivity contribution >= 4 is 26.1 Å². The van der Waals surface area contributed by atoms with Crippen molar-refractivity contribution in [1.29, 1.82) is 0 Å². The van der Waals surface area contributed by atoms with Crippen molar-refractivity contribution in [2.45, 2.75) is 156 Å². The number of nitrogens with one attached hydrogen (secondary N) is 1. The molecule has 5 fully saturated rings. The maximum atomic E-state index is 12.9. The van der Waals surface area contributed by atoms with Gasteiger partial charge in [0.2, 0.25) is 5.91 Å². The smallest absolute Gasteiger partial charge is 0.270 e. The number of carbonyl (C=O) groups excluding carboxylic acids is 1. The molecule has 0 aliphatic heterocycles. The van der Waals surface area contributed by atoms with E-state index in [9.17, 15) is 40.9 Å². The fourth-order valence-corrected chi connectivity index (χ4v) is 10.5. The van der Waals surface area contributed by atoms with Gasteiger partial charge in [-0.2, -0.15) is 37.3 Å². The van der Waals surface area contributed by atoms with E-state index in [-0.39, 0.29) is 83.7 Å². The van der Waals surface area contributed by atoms with Crippen LogP contribution in [0.15, 0.2) is 20.5 Å². The van der Waals surface area contributed by atoms with E-state index in [1.54, 1.807) is 0 Å². The number of carbonyl (C=O) groups is 1. The van der Waals surface area contributed by atoms with Crippen molar-refractivity contribution in [1.82, 2.24) is 5.32 Å². The van der Waals surface area contributed by atoms with Crippen LogP contribution in [0.2, 0.25) is 0 Å². The maximum absolute atomic E-state index is 12.9. The molecule has 10 atom stereocenters. The Morgan fingerprint density at radius 1 is 0.750 bits per heavy atom. The second-order valence-electron chi connectivity index (χ2n) is 14.9. The number of fused-ring (bicyclic) bond motifs is 1. The van der Waals surface area contributed by atoms with Gasteiger partial charge in [-0.25, -0.2) is 0 Å². The predicted molar refractivity (Wildman–Crippen MR) is 172 cm³/mol. The Labute approximate surface area is 294 Å². The molecule has 5 saturated carbocycles. The van der Waals surface area contributed by atoms with Crippen molar-refractivity contribution in [3.05, 3.63) is 0 Å². The van der Waals surface area contributed by atoms with E-state index in [4.69, 9.17) is 5.73 Å². The molecular formula is C30H52CuN6O9S2. The fourth-order valence-electron chi connectivity index (χ4n) is 8.61. The Hall–Kier alpha value is -1.11. The van der Waals surface area contributed by atoms with Crippen molar-refractivity contribution in [3.63, 3.8) is 0 Å². The third-order valence-electron chi connectivity index (χ3n) is 11.6. The van der Waals surface area contributed by atoms with Crippen molar-refractivity contribution in [2.75, 3.05) is 0 Å². The Kier molecular flexibility index (Phi) is 13.6. The van der Waals surface area contributed by atoms with Gasteiger partial charge in [0.25, 0.3) is 20.2 Å². The number of aliphatic hydroxyl groups excluding tert-OH is 2. The standard InChI is InChI=1S/C30H52N6O9S2.Cu/c1-16-12-25(26(37)15-24(16)34-33-20-6-9-22(10-7-20)46(40,41)42)35-36-28-27(47(43,44)45)14-18-13-21(8-11-23(18)29(28)38)32-30(39)17-2-4-19(31)5-3-17;/h16-29,37-38H,2-15,31H2,1H3,(H,32,39)(H,40,41,42)(H,43,44,45);. The number of nitrogens with zero attached hydrogens (tertiary/aromatic N) is 4. The zero-order chi connectivity index (χ0) is 34.1. The van der Waals surface area contributed by atoms with Gasteiger partial charge in [-0.1, -0.05) is 6.92 Å². The van der Waals surface area contributed by atoms with Crippen LogP contribution in [0.1, 0.15) is 96.8 Å². The monoisotopic (exact) mass is 767 g/mol. The first-order chi connectivity index (χ1) is 22.1. The van der Waals surface area contributed by atoms with Gasteiger partial charge in [0.05, 0.1) is 35.6 Å². The van der Waals surface area contributed by atoms with Crippen LogP contribution in [0.5, 0.6) is 0 Å². The van der Waals surface area contributed by atoms with E-state index in [2.05, 4.69) is 25.8 Å². The van der Waals surface area contributed by atoms with Crippen LogP contribution >= 0.6 is 0 Å². The third-order valence-corrected chi connectivity index (χ3v) is 14.2. The quantitative estimate of drug-likeness (QED) is 0.119. The van der Waals surface area contributed by atoms with Crippen molar-refractivity contribution in [2.24, 2.45) is 49.9 Å². The molecule has 0 aromatic rings. The number of aliphatic hydroxyl groups is 2. The summed E-state index contributed by atoms with van der Waals surface area (Å²) in [5.74, 6) is -0.589. The van der Waals surface area contributed by atoms with Gasteiger partial charge in [-0.05, 0) is 108 Å². The van der Waals surface area contributed by atoms with Gasteiger partial charge < -0.3 is 21.3 Å². The number of hydrogen-bond donors (Lipinski definition) is 6. The first-order valence-corrected chi connectivity index (χ1v) is 20.2. The molecule has 10 unspecified atom stereocenters. The van der Waals surface area contributed by atoms with Crippen LogP contribution in [0.4, 0.5) is 0 Å². The van der Waals surface area contributed by atoms with Crippen molar-refractivity contribution in [3.8, 4) is 0 Å². The normalized spacial score (nSPS) is 43.0. The summed E-state index contributed by atoms with van der Waals surface area (Å²) in [5, 5.41) is 40.8. The van der Waals surface area contributed by atoms with E-state index in [0.29, 0.717) is 51.4 Å². The van der Waals surface area contributed by atoms with E-state index in [1.807, 2.05) is 6.92 Å². The SMILES string of the molecule is CC1CC(N=NC2C(O)C3CCC(NC(=O)C4CCC(N)CC4)CC3CC2S(=O)(=O)O)C(O)CC1N=NC1CCC(S(=O)(=O)O)CC1.[Cu]. The minimum absolute atomic E-state index is 0. The first kappa shape index (κ1) is 39.7. The summed E-state index contributed by atoms with van der Waals surface area (Å²) in [5.41, 5.74) is 5.98. The van der Waals surface area contributed by atoms with E-state index in [0.717, 1.165) is 25.7 Å². The summed E-state index contributed by atoms with van der Waals surface area (Å²) >= 11 is 0. The summed E-state index contributed by atoms with van der Waals surface area (Å²) in [6.07, 6.45) is 5.19. The van der Waals surface area contributed by atoms with Crippen LogP contribution < -0.4 is 11.1 Å².